The first kappa shape index (κ1) is 18.9. The molecule has 4 rings (SSSR count). The average molecular weight is 401 g/mol. The van der Waals surface area contributed by atoms with Gasteiger partial charge in [0, 0.05) is 5.56 Å². The van der Waals surface area contributed by atoms with Crippen LogP contribution in [0.15, 0.2) is 48.7 Å². The van der Waals surface area contributed by atoms with Gasteiger partial charge < -0.3 is 16.4 Å². The van der Waals surface area contributed by atoms with Gasteiger partial charge in [0.25, 0.3) is 0 Å². The van der Waals surface area contributed by atoms with Crippen LogP contribution in [0, 0.1) is 24.1 Å². The summed E-state index contributed by atoms with van der Waals surface area (Å²) in [7, 11) is 0. The summed E-state index contributed by atoms with van der Waals surface area (Å²) in [4.78, 5) is 16.6. The number of urea groups is 1. The van der Waals surface area contributed by atoms with Crippen molar-refractivity contribution in [3.8, 4) is 17.3 Å². The van der Waals surface area contributed by atoms with Crippen molar-refractivity contribution in [2.75, 3.05) is 16.4 Å². The number of aryl methyl sites for hydroxylation is 1. The van der Waals surface area contributed by atoms with Crippen LogP contribution in [0.5, 0.6) is 0 Å². The summed E-state index contributed by atoms with van der Waals surface area (Å²) < 4.78 is 14.2. The molecule has 0 unspecified atom stereocenters. The minimum atomic E-state index is -0.780. The second-order valence-corrected chi connectivity index (χ2v) is 6.63. The monoisotopic (exact) mass is 401 g/mol. The van der Waals surface area contributed by atoms with Gasteiger partial charge in [-0.15, -0.1) is 0 Å². The first-order valence-electron chi connectivity index (χ1n) is 8.93. The Morgan fingerprint density at radius 3 is 2.80 bits per heavy atom. The van der Waals surface area contributed by atoms with E-state index in [1.807, 2.05) is 18.2 Å². The van der Waals surface area contributed by atoms with Crippen LogP contribution in [0.4, 0.5) is 26.4 Å². The molecule has 0 bridgehead atoms. The van der Waals surface area contributed by atoms with Crippen LogP contribution in [0.3, 0.4) is 0 Å². The van der Waals surface area contributed by atoms with Crippen molar-refractivity contribution in [1.29, 1.82) is 5.26 Å². The van der Waals surface area contributed by atoms with Crippen LogP contribution in [0.2, 0.25) is 0 Å². The van der Waals surface area contributed by atoms with E-state index in [2.05, 4.69) is 25.8 Å². The summed E-state index contributed by atoms with van der Waals surface area (Å²) >= 11 is 0. The lowest BCUT2D eigenvalue weighted by atomic mass is 10.1. The number of rotatable bonds is 3. The van der Waals surface area contributed by atoms with Crippen molar-refractivity contribution < 1.29 is 9.18 Å². The van der Waals surface area contributed by atoms with Crippen molar-refractivity contribution in [1.82, 2.24) is 15.2 Å². The molecule has 0 fully saturated rings. The van der Waals surface area contributed by atoms with Crippen LogP contribution in [-0.2, 0) is 0 Å². The molecule has 5 N–H and O–H groups in total. The number of pyridine rings is 1. The predicted molar refractivity (Wildman–Crippen MR) is 112 cm³/mol. The number of carbonyl (C=O) groups is 1. The zero-order chi connectivity index (χ0) is 21.3. The molecule has 0 aliphatic heterocycles. The molecular formula is C21H16FN7O. The van der Waals surface area contributed by atoms with E-state index in [9.17, 15) is 9.18 Å². The first-order valence-corrected chi connectivity index (χ1v) is 8.93. The third kappa shape index (κ3) is 3.49. The Bertz CT molecular complexity index is 1310. The van der Waals surface area contributed by atoms with Gasteiger partial charge >= 0.3 is 6.03 Å². The van der Waals surface area contributed by atoms with Gasteiger partial charge in [-0.25, -0.2) is 9.18 Å². The number of hydrogen-bond acceptors (Lipinski definition) is 5. The number of nitrogens with two attached hydrogens (primary N) is 1. The van der Waals surface area contributed by atoms with Gasteiger partial charge in [0.15, 0.2) is 11.6 Å². The number of aromatic amines is 1. The molecule has 0 aliphatic rings. The number of benzene rings is 2. The van der Waals surface area contributed by atoms with E-state index < -0.39 is 11.8 Å². The van der Waals surface area contributed by atoms with E-state index in [0.29, 0.717) is 22.8 Å². The molecule has 2 amide bonds. The van der Waals surface area contributed by atoms with Crippen LogP contribution < -0.4 is 16.4 Å². The van der Waals surface area contributed by atoms with Gasteiger partial charge in [0.1, 0.15) is 6.07 Å². The number of anilines is 3. The number of amides is 2. The second kappa shape index (κ2) is 7.52. The number of nitrogens with one attached hydrogen (secondary N) is 3. The van der Waals surface area contributed by atoms with Crippen LogP contribution in [-0.4, -0.2) is 21.2 Å². The number of halogens is 1. The zero-order valence-electron chi connectivity index (χ0n) is 15.8. The molecule has 30 heavy (non-hydrogen) atoms. The van der Waals surface area contributed by atoms with E-state index >= 15 is 0 Å². The molecule has 8 nitrogen and oxygen atoms in total. The molecule has 2 aromatic heterocycles. The maximum absolute atomic E-state index is 14.2. The fourth-order valence-corrected chi connectivity index (χ4v) is 3.16. The molecule has 0 aliphatic carbocycles. The van der Waals surface area contributed by atoms with E-state index in [0.717, 1.165) is 16.5 Å². The molecule has 0 radical (unpaired) electrons. The Hall–Kier alpha value is -4.45. The largest absolute Gasteiger partial charge is 0.382 e. The molecule has 2 heterocycles. The summed E-state index contributed by atoms with van der Waals surface area (Å²) in [5, 5.41) is 21.6. The van der Waals surface area contributed by atoms with Gasteiger partial charge in [-0.05, 0) is 42.8 Å². The molecule has 9 heteroatoms. The number of H-pyrrole nitrogens is 1. The molecule has 2 aromatic carbocycles. The van der Waals surface area contributed by atoms with Gasteiger partial charge in [-0.3, -0.25) is 10.1 Å². The summed E-state index contributed by atoms with van der Waals surface area (Å²) in [6.07, 6.45) is 1.48. The predicted octanol–water partition coefficient (Wildman–Crippen LogP) is 4.17. The molecular weight excluding hydrogens is 385 g/mol. The molecule has 0 atom stereocenters. The van der Waals surface area contributed by atoms with E-state index in [-0.39, 0.29) is 11.3 Å². The fourth-order valence-electron chi connectivity index (χ4n) is 3.16. The summed E-state index contributed by atoms with van der Waals surface area (Å²) in [6.45, 7) is 1.71. The number of nitriles is 1. The van der Waals surface area contributed by atoms with Crippen molar-refractivity contribution in [2.24, 2.45) is 0 Å². The summed E-state index contributed by atoms with van der Waals surface area (Å²) in [6, 6.07) is 13.0. The van der Waals surface area contributed by atoms with Crippen molar-refractivity contribution in [2.45, 2.75) is 6.92 Å². The van der Waals surface area contributed by atoms with Crippen LogP contribution >= 0.6 is 0 Å². The Labute approximate surface area is 170 Å². The minimum Gasteiger partial charge on any atom is -0.382 e. The van der Waals surface area contributed by atoms with Gasteiger partial charge in [0.05, 0.1) is 39.7 Å². The van der Waals surface area contributed by atoms with E-state index in [1.54, 1.807) is 25.1 Å². The van der Waals surface area contributed by atoms with Crippen molar-refractivity contribution in [3.63, 3.8) is 0 Å². The smallest absolute Gasteiger partial charge is 0.323 e. The lowest BCUT2D eigenvalue weighted by Gasteiger charge is -2.10. The minimum absolute atomic E-state index is 0.0734. The zero-order valence-corrected chi connectivity index (χ0v) is 15.8. The molecule has 0 spiro atoms. The van der Waals surface area contributed by atoms with Crippen LogP contribution in [0.25, 0.3) is 22.2 Å². The highest BCUT2D eigenvalue weighted by Gasteiger charge is 2.13. The van der Waals surface area contributed by atoms with Gasteiger partial charge in [-0.2, -0.15) is 10.4 Å². The lowest BCUT2D eigenvalue weighted by Crippen LogP contribution is -2.20. The quantitative estimate of drug-likeness (QED) is 0.409. The number of aromatic nitrogens is 3. The number of nitrogen functional groups attached to an aromatic ring is 1. The molecule has 4 aromatic rings. The highest BCUT2D eigenvalue weighted by molar-refractivity contribution is 6.02. The van der Waals surface area contributed by atoms with E-state index in [1.165, 1.54) is 18.3 Å². The van der Waals surface area contributed by atoms with E-state index in [4.69, 9.17) is 11.0 Å². The normalized spacial score (nSPS) is 10.6. The number of hydrogen-bond donors (Lipinski definition) is 4. The maximum Gasteiger partial charge on any atom is 0.323 e. The topological polar surface area (TPSA) is 133 Å². The molecule has 0 saturated heterocycles. The van der Waals surface area contributed by atoms with Gasteiger partial charge in [0.2, 0.25) is 0 Å². The Morgan fingerprint density at radius 2 is 2.07 bits per heavy atom. The van der Waals surface area contributed by atoms with Crippen molar-refractivity contribution in [3.05, 3.63) is 65.6 Å². The van der Waals surface area contributed by atoms with Gasteiger partial charge in [-0.1, -0.05) is 12.1 Å². The summed E-state index contributed by atoms with van der Waals surface area (Å²) in [5.74, 6) is -0.404. The fraction of sp³-hybridized carbons (Fsp3) is 0.0476. The first-order chi connectivity index (χ1) is 14.5. The second-order valence-electron chi connectivity index (χ2n) is 6.63. The van der Waals surface area contributed by atoms with Crippen molar-refractivity contribution >= 4 is 34.1 Å². The maximum atomic E-state index is 14.2. The molecule has 148 valence electrons. The highest BCUT2D eigenvalue weighted by Crippen LogP contribution is 2.30. The number of nitrogens with zero attached hydrogens (tertiary/aromatic N) is 3. The Balaban J connectivity index is 1.53. The number of fused-ring (bicyclic) bond motifs is 1. The number of carbonyl (C=O) groups excluding carboxylic acids is 1. The third-order valence-corrected chi connectivity index (χ3v) is 4.50. The SMILES string of the molecule is Cc1cc(C#N)c(F)c(NC(=O)Nc2ccc(-c3cccc4[nH]nc(N)c34)nc2)c1. The molecule has 0 saturated carbocycles. The van der Waals surface area contributed by atoms with Crippen LogP contribution in [0.1, 0.15) is 11.1 Å². The standard InChI is InChI=1S/C21H16FN7O/c1-11-7-12(9-23)19(22)17(8-11)27-21(30)26-13-5-6-15(25-10-13)14-3-2-4-16-18(14)20(24)29-28-16/h2-8,10H,1H3,(H3,24,28,29)(H2,26,27,30). The Morgan fingerprint density at radius 1 is 1.23 bits per heavy atom. The third-order valence-electron chi connectivity index (χ3n) is 4.50. The Kier molecular flexibility index (Phi) is 4.74. The highest BCUT2D eigenvalue weighted by atomic mass is 19.1. The lowest BCUT2D eigenvalue weighted by molar-refractivity contribution is 0.262. The summed E-state index contributed by atoms with van der Waals surface area (Å²) in [5.41, 5.74) is 9.06. The average Bonchev–Trinajstić information content (AvgIpc) is 3.12.